The fraction of sp³-hybridized carbons (Fsp3) is 0.385. The molecule has 2 aromatic carbocycles. The van der Waals surface area contributed by atoms with E-state index in [1.54, 1.807) is 11.6 Å². The fourth-order valence-corrected chi connectivity index (χ4v) is 4.88. The first kappa shape index (κ1) is 27.1. The standard InChI is InChI=1S/C24H26N4O3.C2HF3O2/c1-27-21-14-18(16-4-2-15(3-5-16)17-10-12-25-13-11-17)6-7-19(21)28(24(27)31)20-8-9-22(29)26-23(20)30;3-2(4,5)1(6)7/h2-7,14,17,20,25H,8-13H2,1H3,(H,26,29,30);(H,6,7). The van der Waals surface area contributed by atoms with Crippen LogP contribution >= 0.6 is 0 Å². The summed E-state index contributed by atoms with van der Waals surface area (Å²) in [6, 6.07) is 13.9. The molecular weight excluding hydrogens is 505 g/mol. The van der Waals surface area contributed by atoms with E-state index in [0.29, 0.717) is 17.9 Å². The summed E-state index contributed by atoms with van der Waals surface area (Å²) in [5.41, 5.74) is 4.73. The molecule has 0 spiro atoms. The van der Waals surface area contributed by atoms with Gasteiger partial charge in [0.1, 0.15) is 6.04 Å². The molecular formula is C26H27F3N4O5. The maximum atomic E-state index is 12.9. The molecule has 2 aliphatic rings. The first-order valence-corrected chi connectivity index (χ1v) is 12.1. The predicted octanol–water partition coefficient (Wildman–Crippen LogP) is 3.09. The topological polar surface area (TPSA) is 122 Å². The second-order valence-electron chi connectivity index (χ2n) is 9.33. The number of imide groups is 1. The van der Waals surface area contributed by atoms with Crippen molar-refractivity contribution >= 4 is 28.8 Å². The highest BCUT2D eigenvalue weighted by atomic mass is 19.4. The molecule has 1 unspecified atom stereocenters. The number of imidazole rings is 1. The van der Waals surface area contributed by atoms with Gasteiger partial charge in [-0.15, -0.1) is 0 Å². The Kier molecular flexibility index (Phi) is 7.72. The third-order valence-electron chi connectivity index (χ3n) is 6.91. The van der Waals surface area contributed by atoms with Crippen molar-refractivity contribution in [3.8, 4) is 11.1 Å². The van der Waals surface area contributed by atoms with Gasteiger partial charge in [0.2, 0.25) is 11.8 Å². The van der Waals surface area contributed by atoms with Crippen LogP contribution in [0.25, 0.3) is 22.2 Å². The molecule has 12 heteroatoms. The van der Waals surface area contributed by atoms with Crippen LogP contribution in [0.5, 0.6) is 0 Å². The molecule has 3 heterocycles. The summed E-state index contributed by atoms with van der Waals surface area (Å²) in [5.74, 6) is -2.85. The van der Waals surface area contributed by atoms with E-state index in [4.69, 9.17) is 9.90 Å². The number of carboxylic acids is 1. The van der Waals surface area contributed by atoms with Crippen molar-refractivity contribution in [1.82, 2.24) is 19.8 Å². The summed E-state index contributed by atoms with van der Waals surface area (Å²) in [7, 11) is 1.72. The van der Waals surface area contributed by atoms with E-state index < -0.39 is 24.1 Å². The number of carbonyl (C=O) groups is 3. The SMILES string of the molecule is Cn1c(=O)n(C2CCC(=O)NC2=O)c2ccc(-c3ccc(C4CCNCC4)cc3)cc21.O=C(O)C(F)(F)F. The summed E-state index contributed by atoms with van der Waals surface area (Å²) in [6.45, 7) is 2.14. The summed E-state index contributed by atoms with van der Waals surface area (Å²) < 4.78 is 34.8. The van der Waals surface area contributed by atoms with Crippen LogP contribution in [0.3, 0.4) is 0 Å². The number of fused-ring (bicyclic) bond motifs is 1. The Bertz CT molecular complexity index is 1420. The van der Waals surface area contributed by atoms with Crippen molar-refractivity contribution in [2.24, 2.45) is 7.05 Å². The molecule has 2 aliphatic heterocycles. The van der Waals surface area contributed by atoms with Crippen LogP contribution in [0.15, 0.2) is 47.3 Å². The fourth-order valence-electron chi connectivity index (χ4n) is 4.88. The van der Waals surface area contributed by atoms with Gasteiger partial charge in [0, 0.05) is 13.5 Å². The number of benzene rings is 2. The van der Waals surface area contributed by atoms with Crippen molar-refractivity contribution in [2.75, 3.05) is 13.1 Å². The number of carbonyl (C=O) groups excluding carboxylic acids is 2. The van der Waals surface area contributed by atoms with Crippen LogP contribution in [0.4, 0.5) is 13.2 Å². The normalized spacial score (nSPS) is 18.6. The van der Waals surface area contributed by atoms with Crippen LogP contribution in [-0.2, 0) is 21.4 Å². The third-order valence-corrected chi connectivity index (χ3v) is 6.91. The monoisotopic (exact) mass is 532 g/mol. The van der Waals surface area contributed by atoms with Crippen LogP contribution in [-0.4, -0.2) is 51.3 Å². The highest BCUT2D eigenvalue weighted by Crippen LogP contribution is 2.30. The molecule has 9 nitrogen and oxygen atoms in total. The van der Waals surface area contributed by atoms with Crippen molar-refractivity contribution in [3.63, 3.8) is 0 Å². The molecule has 1 atom stereocenters. The van der Waals surface area contributed by atoms with Gasteiger partial charge in [-0.25, -0.2) is 9.59 Å². The number of aromatic nitrogens is 2. The summed E-state index contributed by atoms with van der Waals surface area (Å²) in [6.07, 6.45) is -2.17. The highest BCUT2D eigenvalue weighted by molar-refractivity contribution is 6.00. The molecule has 3 aromatic rings. The largest absolute Gasteiger partial charge is 0.490 e. The van der Waals surface area contributed by atoms with Gasteiger partial charge in [-0.3, -0.25) is 24.0 Å². The van der Waals surface area contributed by atoms with E-state index >= 15 is 0 Å². The van der Waals surface area contributed by atoms with Crippen LogP contribution in [0.1, 0.15) is 43.2 Å². The van der Waals surface area contributed by atoms with Crippen molar-refractivity contribution < 1.29 is 32.7 Å². The molecule has 202 valence electrons. The number of aliphatic carboxylic acids is 1. The van der Waals surface area contributed by atoms with Gasteiger partial charge in [0.05, 0.1) is 11.0 Å². The number of aryl methyl sites for hydroxylation is 1. The lowest BCUT2D eigenvalue weighted by Gasteiger charge is -2.23. The smallest absolute Gasteiger partial charge is 0.475 e. The minimum Gasteiger partial charge on any atom is -0.475 e. The number of halogens is 3. The Morgan fingerprint density at radius 2 is 1.55 bits per heavy atom. The second-order valence-corrected chi connectivity index (χ2v) is 9.33. The summed E-state index contributed by atoms with van der Waals surface area (Å²) in [5, 5.41) is 12.9. The molecule has 2 amide bonds. The first-order valence-electron chi connectivity index (χ1n) is 12.1. The third kappa shape index (κ3) is 5.64. The number of alkyl halides is 3. The van der Waals surface area contributed by atoms with E-state index in [1.165, 1.54) is 23.0 Å². The second kappa shape index (κ2) is 10.8. The van der Waals surface area contributed by atoms with Gasteiger partial charge in [-0.05, 0) is 67.1 Å². The van der Waals surface area contributed by atoms with Gasteiger partial charge >= 0.3 is 17.8 Å². The number of nitrogens with one attached hydrogen (secondary N) is 2. The van der Waals surface area contributed by atoms with Crippen molar-refractivity contribution in [2.45, 2.75) is 43.8 Å². The lowest BCUT2D eigenvalue weighted by atomic mass is 9.89. The first-order chi connectivity index (χ1) is 18.0. The molecule has 1 aromatic heterocycles. The molecule has 0 radical (unpaired) electrons. The van der Waals surface area contributed by atoms with Gasteiger partial charge in [-0.2, -0.15) is 13.2 Å². The summed E-state index contributed by atoms with van der Waals surface area (Å²) in [4.78, 5) is 45.7. The molecule has 3 N–H and O–H groups in total. The average molecular weight is 533 g/mol. The number of carboxylic acid groups (broad SMARTS) is 1. The molecule has 0 saturated carbocycles. The highest BCUT2D eigenvalue weighted by Gasteiger charge is 2.38. The minimum atomic E-state index is -5.08. The lowest BCUT2D eigenvalue weighted by Crippen LogP contribution is -2.44. The van der Waals surface area contributed by atoms with Gasteiger partial charge in [0.25, 0.3) is 0 Å². The Balaban J connectivity index is 0.000000426. The van der Waals surface area contributed by atoms with Crippen LogP contribution in [0, 0.1) is 0 Å². The molecule has 38 heavy (non-hydrogen) atoms. The Labute approximate surface area is 215 Å². The van der Waals surface area contributed by atoms with Gasteiger partial charge < -0.3 is 10.4 Å². The Morgan fingerprint density at radius 3 is 2.13 bits per heavy atom. The number of nitrogens with zero attached hydrogens (tertiary/aromatic N) is 2. The van der Waals surface area contributed by atoms with Crippen molar-refractivity contribution in [1.29, 1.82) is 0 Å². The van der Waals surface area contributed by atoms with E-state index in [0.717, 1.165) is 29.7 Å². The predicted molar refractivity (Wildman–Crippen MR) is 133 cm³/mol. The minimum absolute atomic E-state index is 0.237. The van der Waals surface area contributed by atoms with E-state index in [-0.39, 0.29) is 18.0 Å². The number of piperidine rings is 2. The molecule has 2 fully saturated rings. The van der Waals surface area contributed by atoms with Gasteiger partial charge in [-0.1, -0.05) is 30.3 Å². The quantitative estimate of drug-likeness (QED) is 0.446. The number of hydrogen-bond acceptors (Lipinski definition) is 5. The zero-order chi connectivity index (χ0) is 27.6. The van der Waals surface area contributed by atoms with Gasteiger partial charge in [0.15, 0.2) is 0 Å². The average Bonchev–Trinajstić information content (AvgIpc) is 3.14. The summed E-state index contributed by atoms with van der Waals surface area (Å²) >= 11 is 0. The number of rotatable bonds is 3. The molecule has 0 aliphatic carbocycles. The zero-order valence-corrected chi connectivity index (χ0v) is 20.5. The molecule has 0 bridgehead atoms. The number of hydrogen-bond donors (Lipinski definition) is 3. The van der Waals surface area contributed by atoms with E-state index in [2.05, 4.69) is 34.9 Å². The lowest BCUT2D eigenvalue weighted by molar-refractivity contribution is -0.192. The van der Waals surface area contributed by atoms with Crippen molar-refractivity contribution in [3.05, 3.63) is 58.5 Å². The Morgan fingerprint density at radius 1 is 0.947 bits per heavy atom. The van der Waals surface area contributed by atoms with E-state index in [9.17, 15) is 27.6 Å². The Hall–Kier alpha value is -3.93. The maximum absolute atomic E-state index is 12.9. The van der Waals surface area contributed by atoms with Crippen LogP contribution in [0.2, 0.25) is 0 Å². The molecule has 5 rings (SSSR count). The zero-order valence-electron chi connectivity index (χ0n) is 20.5. The molecule has 2 saturated heterocycles. The van der Waals surface area contributed by atoms with E-state index in [1.807, 2.05) is 18.2 Å². The number of amides is 2. The maximum Gasteiger partial charge on any atom is 0.490 e. The van der Waals surface area contributed by atoms with Crippen LogP contribution < -0.4 is 16.3 Å².